The number of hydrogen-bond donors (Lipinski definition) is 0. The van der Waals surface area contributed by atoms with Crippen molar-refractivity contribution in [3.05, 3.63) is 122 Å². The van der Waals surface area contributed by atoms with Crippen molar-refractivity contribution < 1.29 is 18.4 Å². The highest BCUT2D eigenvalue weighted by Gasteiger charge is 2.40. The maximum Gasteiger partial charge on any atom is 0.250 e. The van der Waals surface area contributed by atoms with E-state index in [0.29, 0.717) is 59.4 Å². The summed E-state index contributed by atoms with van der Waals surface area (Å²) in [5.74, 6) is 2.48. The van der Waals surface area contributed by atoms with Crippen LogP contribution in [-0.2, 0) is 23.7 Å². The number of rotatable bonds is 8. The Hall–Kier alpha value is -8.16. The number of halogens is 2. The lowest BCUT2D eigenvalue weighted by Gasteiger charge is -2.39. The first kappa shape index (κ1) is 41.2. The minimum Gasteiger partial charge on any atom is -0.309 e. The Morgan fingerprint density at radius 1 is 0.547 bits per heavy atom. The summed E-state index contributed by atoms with van der Waals surface area (Å²) in [5.41, 5.74) is 4.24. The fourth-order valence-electron chi connectivity index (χ4n) is 7.91. The molecule has 6 aromatic heterocycles. The molecule has 20 heteroatoms. The van der Waals surface area contributed by atoms with Crippen molar-refractivity contribution in [1.29, 1.82) is 0 Å². The van der Waals surface area contributed by atoms with Crippen molar-refractivity contribution in [2.45, 2.75) is 38.8 Å². The summed E-state index contributed by atoms with van der Waals surface area (Å²) in [7, 11) is 7.12. The van der Waals surface area contributed by atoms with Crippen LogP contribution in [-0.4, -0.2) is 96.6 Å². The van der Waals surface area contributed by atoms with Crippen LogP contribution in [0.25, 0.3) is 34.7 Å². The van der Waals surface area contributed by atoms with Crippen molar-refractivity contribution in [3.8, 4) is 34.7 Å². The van der Waals surface area contributed by atoms with Crippen molar-refractivity contribution in [3.63, 3.8) is 0 Å². The third kappa shape index (κ3) is 7.27. The first-order valence-corrected chi connectivity index (χ1v) is 20.4. The molecule has 8 heterocycles. The smallest absolute Gasteiger partial charge is 0.250 e. The van der Waals surface area contributed by atoms with Crippen LogP contribution >= 0.6 is 0 Å². The normalized spacial score (nSPS) is 15.9. The standard InChI is InChI=1S/2C22H21FN8O/c2*1-4-17-21(32)29(3)18-12-25-22(27-20(18)31(17)16-11-26-28(2)13-16)30-10-9-24-19(30)14-5-7-15(23)8-6-14/h2*5-13,17H,4H2,1-3H3/t2*17-/m10/s1. The summed E-state index contributed by atoms with van der Waals surface area (Å²) >= 11 is 0. The molecule has 2 atom stereocenters. The highest BCUT2D eigenvalue weighted by atomic mass is 19.1. The molecule has 8 aromatic rings. The number of aryl methyl sites for hydroxylation is 2. The van der Waals surface area contributed by atoms with Gasteiger partial charge in [-0.3, -0.25) is 28.1 Å². The van der Waals surface area contributed by atoms with Gasteiger partial charge in [0.15, 0.2) is 11.6 Å². The fourth-order valence-corrected chi connectivity index (χ4v) is 7.91. The number of hydrogen-bond acceptors (Lipinski definition) is 12. The second kappa shape index (κ2) is 16.6. The van der Waals surface area contributed by atoms with E-state index in [9.17, 15) is 18.4 Å². The van der Waals surface area contributed by atoms with Crippen molar-refractivity contribution >= 4 is 46.2 Å². The van der Waals surface area contributed by atoms with Gasteiger partial charge in [0.2, 0.25) is 23.7 Å². The van der Waals surface area contributed by atoms with Crippen LogP contribution in [0.4, 0.5) is 43.2 Å². The first-order chi connectivity index (χ1) is 30.9. The van der Waals surface area contributed by atoms with Crippen LogP contribution in [0.1, 0.15) is 26.7 Å². The first-order valence-electron chi connectivity index (χ1n) is 20.4. The Balaban J connectivity index is 0.000000162. The van der Waals surface area contributed by atoms with Crippen molar-refractivity contribution in [2.75, 3.05) is 33.7 Å². The average Bonchev–Trinajstić information content (AvgIpc) is 4.15. The van der Waals surface area contributed by atoms with Gasteiger partial charge in [-0.15, -0.1) is 0 Å². The van der Waals surface area contributed by atoms with Crippen LogP contribution in [0.2, 0.25) is 0 Å². The van der Waals surface area contributed by atoms with Crippen LogP contribution in [0, 0.1) is 11.6 Å². The van der Waals surface area contributed by atoms with Gasteiger partial charge in [0.25, 0.3) is 0 Å². The maximum absolute atomic E-state index is 13.4. The maximum atomic E-state index is 13.4. The molecule has 0 N–H and O–H groups in total. The molecule has 2 aromatic carbocycles. The topological polar surface area (TPSA) is 170 Å². The minimum absolute atomic E-state index is 0.0326. The third-order valence-electron chi connectivity index (χ3n) is 11.1. The predicted octanol–water partition coefficient (Wildman–Crippen LogP) is 6.19. The number of aromatic nitrogens is 12. The average molecular weight is 865 g/mol. The lowest BCUT2D eigenvalue weighted by Crippen LogP contribution is -2.50. The van der Waals surface area contributed by atoms with Gasteiger partial charge in [0, 0.05) is 76.5 Å². The number of carbonyl (C=O) groups excluding carboxylic acids is 2. The molecule has 0 radical (unpaired) electrons. The summed E-state index contributed by atoms with van der Waals surface area (Å²) in [6.45, 7) is 3.94. The molecule has 0 spiro atoms. The molecule has 0 saturated carbocycles. The zero-order valence-corrected chi connectivity index (χ0v) is 35.7. The molecule has 2 aliphatic rings. The Morgan fingerprint density at radius 2 is 0.938 bits per heavy atom. The molecule has 0 fully saturated rings. The van der Waals surface area contributed by atoms with Crippen LogP contribution in [0.15, 0.2) is 110 Å². The Morgan fingerprint density at radius 3 is 1.28 bits per heavy atom. The number of likely N-dealkylation sites (N-methyl/N-ethyl adjacent to an activating group) is 2. The Bertz CT molecular complexity index is 2790. The number of carbonyl (C=O) groups is 2. The second-order valence-corrected chi connectivity index (χ2v) is 15.1. The zero-order chi connectivity index (χ0) is 44.8. The van der Waals surface area contributed by atoms with E-state index in [0.717, 1.165) is 22.5 Å². The van der Waals surface area contributed by atoms with E-state index in [1.807, 2.05) is 50.1 Å². The quantitative estimate of drug-likeness (QED) is 0.170. The second-order valence-electron chi connectivity index (χ2n) is 15.1. The highest BCUT2D eigenvalue weighted by molar-refractivity contribution is 6.07. The van der Waals surface area contributed by atoms with Gasteiger partial charge in [-0.1, -0.05) is 13.8 Å². The van der Waals surface area contributed by atoms with E-state index in [-0.39, 0.29) is 23.4 Å². The van der Waals surface area contributed by atoms with E-state index in [1.165, 1.54) is 24.3 Å². The Kier molecular flexibility index (Phi) is 10.7. The number of anilines is 6. The van der Waals surface area contributed by atoms with Gasteiger partial charge in [-0.05, 0) is 61.4 Å². The predicted molar refractivity (Wildman–Crippen MR) is 235 cm³/mol. The molecule has 2 aliphatic heterocycles. The molecule has 64 heavy (non-hydrogen) atoms. The lowest BCUT2D eigenvalue weighted by atomic mass is 10.1. The molecule has 18 nitrogen and oxygen atoms in total. The number of fused-ring (bicyclic) bond motifs is 2. The van der Waals surface area contributed by atoms with E-state index < -0.39 is 12.1 Å². The van der Waals surface area contributed by atoms with Crippen LogP contribution in [0.3, 0.4) is 0 Å². The molecule has 10 rings (SSSR count). The van der Waals surface area contributed by atoms with Crippen molar-refractivity contribution in [2.24, 2.45) is 14.1 Å². The summed E-state index contributed by atoms with van der Waals surface area (Å²) in [6.07, 6.45) is 18.4. The van der Waals surface area contributed by atoms with E-state index >= 15 is 0 Å². The summed E-state index contributed by atoms with van der Waals surface area (Å²) < 4.78 is 33.6. The third-order valence-corrected chi connectivity index (χ3v) is 11.1. The molecular formula is C44H42F2N16O2. The number of imidazole rings is 2. The fraction of sp³-hybridized carbons (Fsp3) is 0.227. The van der Waals surface area contributed by atoms with Gasteiger partial charge in [0.1, 0.15) is 46.7 Å². The van der Waals surface area contributed by atoms with Gasteiger partial charge in [0.05, 0.1) is 36.2 Å². The number of benzene rings is 2. The molecule has 2 amide bonds. The summed E-state index contributed by atoms with van der Waals surface area (Å²) in [4.78, 5) is 60.6. The van der Waals surface area contributed by atoms with Gasteiger partial charge in [-0.2, -0.15) is 20.2 Å². The minimum atomic E-state index is -0.418. The summed E-state index contributed by atoms with van der Waals surface area (Å²) in [5, 5.41) is 8.54. The number of nitrogens with zero attached hydrogens (tertiary/aromatic N) is 16. The van der Waals surface area contributed by atoms with Crippen LogP contribution in [0.5, 0.6) is 0 Å². The molecule has 324 valence electrons. The lowest BCUT2D eigenvalue weighted by molar-refractivity contribution is -0.120. The van der Waals surface area contributed by atoms with E-state index in [1.54, 1.807) is 116 Å². The zero-order valence-electron chi connectivity index (χ0n) is 35.7. The highest BCUT2D eigenvalue weighted by Crippen LogP contribution is 2.41. The van der Waals surface area contributed by atoms with E-state index in [2.05, 4.69) is 30.1 Å². The Labute approximate surface area is 365 Å². The SMILES string of the molecule is CC[C@@H]1C(=O)N(C)c2cnc(-n3ccnc3-c3ccc(F)cc3)nc2N1c1cnn(C)c1.CC[C@H]1C(=O)N(C)c2cnc(-n3ccnc3-c3ccc(F)cc3)nc2N1c1cnn(C)c1. The van der Waals surface area contributed by atoms with Gasteiger partial charge < -0.3 is 19.6 Å². The molecule has 0 bridgehead atoms. The largest absolute Gasteiger partial charge is 0.309 e. The molecule has 0 aliphatic carbocycles. The van der Waals surface area contributed by atoms with E-state index in [4.69, 9.17) is 9.97 Å². The number of amides is 2. The molecule has 0 unspecified atom stereocenters. The summed E-state index contributed by atoms with van der Waals surface area (Å²) in [6, 6.07) is 11.4. The van der Waals surface area contributed by atoms with Crippen LogP contribution < -0.4 is 19.6 Å². The molecule has 0 saturated heterocycles. The molecular weight excluding hydrogens is 823 g/mol. The van der Waals surface area contributed by atoms with Gasteiger partial charge >= 0.3 is 0 Å². The van der Waals surface area contributed by atoms with Gasteiger partial charge in [-0.25, -0.2) is 28.7 Å². The monoisotopic (exact) mass is 864 g/mol. The van der Waals surface area contributed by atoms with Crippen molar-refractivity contribution in [1.82, 2.24) is 58.6 Å².